The third kappa shape index (κ3) is 8.02. The van der Waals surface area contributed by atoms with Crippen molar-refractivity contribution in [2.75, 3.05) is 19.7 Å². The first-order valence-electron chi connectivity index (χ1n) is 9.85. The molecule has 3 aromatic rings. The normalized spacial score (nSPS) is 10.9. The van der Waals surface area contributed by atoms with Crippen molar-refractivity contribution >= 4 is 29.9 Å². The van der Waals surface area contributed by atoms with Gasteiger partial charge in [-0.3, -0.25) is 0 Å². The second-order valence-electron chi connectivity index (χ2n) is 6.70. The molecule has 0 saturated heterocycles. The smallest absolute Gasteiger partial charge is 0.191 e. The molecule has 0 aliphatic heterocycles. The summed E-state index contributed by atoms with van der Waals surface area (Å²) in [4.78, 5) is 8.66. The zero-order valence-electron chi connectivity index (χ0n) is 17.4. The van der Waals surface area contributed by atoms with Crippen LogP contribution in [0.2, 0.25) is 0 Å². The van der Waals surface area contributed by atoms with Crippen LogP contribution in [0.4, 0.5) is 0 Å². The van der Waals surface area contributed by atoms with Crippen LogP contribution in [0.5, 0.6) is 5.75 Å². The molecule has 0 spiro atoms. The quantitative estimate of drug-likeness (QED) is 0.196. The van der Waals surface area contributed by atoms with Gasteiger partial charge in [0, 0.05) is 6.54 Å². The number of rotatable bonds is 9. The lowest BCUT2D eigenvalue weighted by Gasteiger charge is -2.12. The third-order valence-corrected chi connectivity index (χ3v) is 4.25. The lowest BCUT2D eigenvalue weighted by Crippen LogP contribution is -2.39. The van der Waals surface area contributed by atoms with Gasteiger partial charge in [-0.05, 0) is 37.1 Å². The van der Waals surface area contributed by atoms with Crippen molar-refractivity contribution in [2.24, 2.45) is 4.99 Å². The van der Waals surface area contributed by atoms with Crippen LogP contribution in [0.3, 0.4) is 0 Å². The molecule has 0 aliphatic rings. The van der Waals surface area contributed by atoms with E-state index in [1.54, 1.807) is 12.7 Å². The molecule has 0 atom stereocenters. The third-order valence-electron chi connectivity index (χ3n) is 4.25. The minimum atomic E-state index is 0. The van der Waals surface area contributed by atoms with Gasteiger partial charge in [-0.25, -0.2) is 14.7 Å². The van der Waals surface area contributed by atoms with Gasteiger partial charge in [-0.15, -0.1) is 24.0 Å². The maximum atomic E-state index is 5.76. The van der Waals surface area contributed by atoms with Crippen LogP contribution in [0, 0.1) is 6.92 Å². The van der Waals surface area contributed by atoms with Gasteiger partial charge in [0.2, 0.25) is 0 Å². The van der Waals surface area contributed by atoms with Crippen LogP contribution in [0.25, 0.3) is 0 Å². The molecule has 160 valence electrons. The highest BCUT2D eigenvalue weighted by Gasteiger charge is 2.01. The second-order valence-corrected chi connectivity index (χ2v) is 6.70. The number of aromatic nitrogens is 3. The zero-order valence-corrected chi connectivity index (χ0v) is 19.7. The molecule has 7 nitrogen and oxygen atoms in total. The van der Waals surface area contributed by atoms with E-state index in [4.69, 9.17) is 4.74 Å². The Kier molecular flexibility index (Phi) is 10.1. The monoisotopic (exact) mass is 520 g/mol. The van der Waals surface area contributed by atoms with Gasteiger partial charge in [0.25, 0.3) is 0 Å². The van der Waals surface area contributed by atoms with Crippen LogP contribution >= 0.6 is 24.0 Å². The van der Waals surface area contributed by atoms with Crippen molar-refractivity contribution in [1.29, 1.82) is 0 Å². The second kappa shape index (κ2) is 12.8. The summed E-state index contributed by atoms with van der Waals surface area (Å²) in [5.41, 5.74) is 3.55. The average molecular weight is 520 g/mol. The fourth-order valence-corrected chi connectivity index (χ4v) is 2.81. The van der Waals surface area contributed by atoms with Gasteiger partial charge in [0.05, 0.1) is 19.6 Å². The number of aliphatic imine (C=N–C) groups is 1. The molecule has 0 bridgehead atoms. The molecule has 0 fully saturated rings. The minimum Gasteiger partial charge on any atom is -0.492 e. The van der Waals surface area contributed by atoms with E-state index in [1.165, 1.54) is 11.1 Å². The zero-order chi connectivity index (χ0) is 20.3. The van der Waals surface area contributed by atoms with Crippen molar-refractivity contribution in [3.8, 4) is 5.75 Å². The van der Waals surface area contributed by atoms with Crippen LogP contribution < -0.4 is 15.4 Å². The van der Waals surface area contributed by atoms with Crippen molar-refractivity contribution in [1.82, 2.24) is 25.4 Å². The topological polar surface area (TPSA) is 76.4 Å². The number of halogens is 1. The van der Waals surface area contributed by atoms with Crippen molar-refractivity contribution in [3.63, 3.8) is 0 Å². The van der Waals surface area contributed by atoms with E-state index < -0.39 is 0 Å². The summed E-state index contributed by atoms with van der Waals surface area (Å²) in [6.45, 7) is 7.46. The predicted molar refractivity (Wildman–Crippen MR) is 130 cm³/mol. The molecule has 0 aliphatic carbocycles. The van der Waals surface area contributed by atoms with Gasteiger partial charge in [0.1, 0.15) is 25.0 Å². The molecule has 8 heteroatoms. The standard InChI is InChI=1S/C22H28N6O.HI/c1-3-24-22(25-11-12-29-21-9-7-18(2)8-10-21)26-14-19-5-4-6-20(13-19)15-28-17-23-16-27-28;/h4-10,13,16-17H,3,11-12,14-15H2,1-2H3,(H2,24,25,26);1H. The Hall–Kier alpha value is -2.62. The summed E-state index contributed by atoms with van der Waals surface area (Å²) in [7, 11) is 0. The lowest BCUT2D eigenvalue weighted by atomic mass is 10.1. The Balaban J connectivity index is 0.00000320. The Morgan fingerprint density at radius 2 is 1.90 bits per heavy atom. The van der Waals surface area contributed by atoms with E-state index >= 15 is 0 Å². The summed E-state index contributed by atoms with van der Waals surface area (Å²) >= 11 is 0. The largest absolute Gasteiger partial charge is 0.492 e. The number of ether oxygens (including phenoxy) is 1. The Labute approximate surface area is 195 Å². The summed E-state index contributed by atoms with van der Waals surface area (Å²) in [6, 6.07) is 16.4. The average Bonchev–Trinajstić information content (AvgIpc) is 3.24. The molecule has 3 rings (SSSR count). The van der Waals surface area contributed by atoms with Crippen LogP contribution in [0.15, 0.2) is 66.2 Å². The van der Waals surface area contributed by atoms with Crippen molar-refractivity contribution in [2.45, 2.75) is 26.9 Å². The first-order valence-corrected chi connectivity index (χ1v) is 9.85. The number of aryl methyl sites for hydroxylation is 1. The molecule has 2 aromatic carbocycles. The number of nitrogens with one attached hydrogen (secondary N) is 2. The Bertz CT molecular complexity index is 896. The van der Waals surface area contributed by atoms with E-state index in [9.17, 15) is 0 Å². The van der Waals surface area contributed by atoms with Gasteiger partial charge < -0.3 is 15.4 Å². The number of hydrogen-bond acceptors (Lipinski definition) is 4. The van der Waals surface area contributed by atoms with Crippen LogP contribution in [-0.2, 0) is 13.1 Å². The molecule has 0 radical (unpaired) electrons. The molecule has 2 N–H and O–H groups in total. The molecule has 0 amide bonds. The number of hydrogen-bond donors (Lipinski definition) is 2. The first-order chi connectivity index (χ1) is 14.2. The van der Waals surface area contributed by atoms with Crippen LogP contribution in [0.1, 0.15) is 23.6 Å². The maximum Gasteiger partial charge on any atom is 0.191 e. The molecule has 30 heavy (non-hydrogen) atoms. The number of guanidine groups is 1. The van der Waals surface area contributed by atoms with Crippen molar-refractivity contribution < 1.29 is 4.74 Å². The van der Waals surface area contributed by atoms with Crippen molar-refractivity contribution in [3.05, 3.63) is 77.9 Å². The fraction of sp³-hybridized carbons (Fsp3) is 0.318. The Morgan fingerprint density at radius 1 is 1.10 bits per heavy atom. The maximum absolute atomic E-state index is 5.76. The van der Waals surface area contributed by atoms with Gasteiger partial charge >= 0.3 is 0 Å². The SMILES string of the molecule is CCNC(=NCc1cccc(Cn2cncn2)c1)NCCOc1ccc(C)cc1.I. The molecule has 1 heterocycles. The Morgan fingerprint density at radius 3 is 2.63 bits per heavy atom. The molecule has 1 aromatic heterocycles. The highest BCUT2D eigenvalue weighted by Crippen LogP contribution is 2.11. The fourth-order valence-electron chi connectivity index (χ4n) is 2.81. The summed E-state index contributed by atoms with van der Waals surface area (Å²) in [6.07, 6.45) is 3.27. The minimum absolute atomic E-state index is 0. The van der Waals surface area contributed by atoms with E-state index in [2.05, 4.69) is 57.8 Å². The molecular weight excluding hydrogens is 491 g/mol. The summed E-state index contributed by atoms with van der Waals surface area (Å²) < 4.78 is 7.57. The summed E-state index contributed by atoms with van der Waals surface area (Å²) in [5.74, 6) is 1.66. The van der Waals surface area contributed by atoms with E-state index in [1.807, 2.05) is 35.0 Å². The predicted octanol–water partition coefficient (Wildman–Crippen LogP) is 3.39. The lowest BCUT2D eigenvalue weighted by molar-refractivity contribution is 0.322. The van der Waals surface area contributed by atoms with E-state index in [0.29, 0.717) is 26.2 Å². The van der Waals surface area contributed by atoms with Gasteiger partial charge in [0.15, 0.2) is 5.96 Å². The summed E-state index contributed by atoms with van der Waals surface area (Å²) in [5, 5.41) is 10.7. The molecular formula is C22H29IN6O. The highest BCUT2D eigenvalue weighted by molar-refractivity contribution is 14.0. The molecule has 0 unspecified atom stereocenters. The highest BCUT2D eigenvalue weighted by atomic mass is 127. The number of nitrogens with zero attached hydrogens (tertiary/aromatic N) is 4. The van der Waals surface area contributed by atoms with E-state index in [0.717, 1.165) is 23.8 Å². The van der Waals surface area contributed by atoms with Crippen LogP contribution in [-0.4, -0.2) is 40.4 Å². The van der Waals surface area contributed by atoms with Gasteiger partial charge in [-0.1, -0.05) is 42.0 Å². The van der Waals surface area contributed by atoms with E-state index in [-0.39, 0.29) is 24.0 Å². The molecule has 0 saturated carbocycles. The first kappa shape index (κ1) is 23.7. The van der Waals surface area contributed by atoms with Gasteiger partial charge in [-0.2, -0.15) is 5.10 Å². The number of benzene rings is 2.